The predicted molar refractivity (Wildman–Crippen MR) is 196 cm³/mol. The minimum Gasteiger partial charge on any atom is -0.434 e. The summed E-state index contributed by atoms with van der Waals surface area (Å²) in [4.78, 5) is 82.2. The topological polar surface area (TPSA) is 186 Å². The zero-order valence-corrected chi connectivity index (χ0v) is 33.1. The molecule has 17 heteroatoms. The molecule has 2 aliphatic rings. The lowest BCUT2D eigenvalue weighted by Crippen LogP contribution is -2.62. The minimum atomic E-state index is -4.86. The maximum Gasteiger partial charge on any atom is 0.427 e. The van der Waals surface area contributed by atoms with Crippen LogP contribution in [0, 0.1) is 23.2 Å². The van der Waals surface area contributed by atoms with Crippen LogP contribution in [0.4, 0.5) is 18.0 Å². The number of nitrogens with zero attached hydrogens (tertiary/aromatic N) is 2. The third kappa shape index (κ3) is 12.1. The van der Waals surface area contributed by atoms with Gasteiger partial charge in [-0.15, -0.1) is 0 Å². The van der Waals surface area contributed by atoms with E-state index in [1.54, 1.807) is 51.1 Å². The van der Waals surface area contributed by atoms with Gasteiger partial charge in [-0.3, -0.25) is 28.9 Å². The number of amides is 5. The van der Waals surface area contributed by atoms with Crippen LogP contribution in [-0.4, -0.2) is 114 Å². The summed E-state index contributed by atoms with van der Waals surface area (Å²) in [7, 11) is 3.07. The maximum atomic E-state index is 14.2. The zero-order valence-electron chi connectivity index (χ0n) is 33.1. The number of benzene rings is 1. The van der Waals surface area contributed by atoms with Gasteiger partial charge in [0.05, 0.1) is 24.7 Å². The third-order valence-electron chi connectivity index (χ3n) is 10.1. The van der Waals surface area contributed by atoms with E-state index < -0.39 is 89.6 Å². The molecule has 0 radical (unpaired) electrons. The van der Waals surface area contributed by atoms with Crippen molar-refractivity contribution in [2.24, 2.45) is 23.2 Å². The largest absolute Gasteiger partial charge is 0.434 e. The van der Waals surface area contributed by atoms with E-state index in [0.717, 1.165) is 12.8 Å². The molecular weight excluding hydrogens is 725 g/mol. The average molecular weight is 783 g/mol. The summed E-state index contributed by atoms with van der Waals surface area (Å²) in [6.07, 6.45) is -5.67. The quantitative estimate of drug-likeness (QED) is 0.157. The number of hydrogen-bond acceptors (Lipinski definition) is 9. The van der Waals surface area contributed by atoms with Crippen LogP contribution in [0.15, 0.2) is 30.3 Å². The van der Waals surface area contributed by atoms with Gasteiger partial charge in [-0.1, -0.05) is 77.8 Å². The molecule has 5 unspecified atom stereocenters. The minimum absolute atomic E-state index is 0.0709. The van der Waals surface area contributed by atoms with Crippen LogP contribution in [0.25, 0.3) is 0 Å². The van der Waals surface area contributed by atoms with Crippen LogP contribution >= 0.6 is 0 Å². The number of carbonyl (C=O) groups is 6. The second kappa shape index (κ2) is 18.1. The van der Waals surface area contributed by atoms with Crippen LogP contribution in [0.1, 0.15) is 85.8 Å². The lowest BCUT2D eigenvalue weighted by Gasteiger charge is -2.42. The molecule has 0 aromatic heterocycles. The number of rotatable bonds is 16. The highest BCUT2D eigenvalue weighted by Crippen LogP contribution is 2.37. The Balaban J connectivity index is 1.77. The Hall–Kier alpha value is -4.25. The van der Waals surface area contributed by atoms with Gasteiger partial charge in [0, 0.05) is 20.6 Å². The van der Waals surface area contributed by atoms with E-state index in [-0.39, 0.29) is 30.7 Å². The Morgan fingerprint density at radius 1 is 0.927 bits per heavy atom. The first-order chi connectivity index (χ1) is 25.3. The number of likely N-dealkylation sites (tertiary alicyclic amines) is 1. The average Bonchev–Trinajstić information content (AvgIpc) is 3.79. The van der Waals surface area contributed by atoms with Crippen LogP contribution in [0.3, 0.4) is 0 Å². The monoisotopic (exact) mass is 782 g/mol. The van der Waals surface area contributed by atoms with E-state index in [2.05, 4.69) is 21.3 Å². The smallest absolute Gasteiger partial charge is 0.427 e. The van der Waals surface area contributed by atoms with Crippen molar-refractivity contribution >= 4 is 35.5 Å². The summed E-state index contributed by atoms with van der Waals surface area (Å²) in [5, 5.41) is 21.7. The molecule has 1 saturated carbocycles. The lowest BCUT2D eigenvalue weighted by atomic mass is 9.84. The van der Waals surface area contributed by atoms with Crippen LogP contribution in [-0.2, 0) is 28.7 Å². The Kier molecular flexibility index (Phi) is 14.9. The fourth-order valence-electron chi connectivity index (χ4n) is 6.54. The molecule has 0 spiro atoms. The Bertz CT molecular complexity index is 1540. The fraction of sp³-hybridized carbons (Fsp3) is 0.684. The molecule has 1 aliphatic carbocycles. The molecule has 3 rings (SSSR count). The first-order valence-electron chi connectivity index (χ1n) is 18.5. The van der Waals surface area contributed by atoms with Gasteiger partial charge >= 0.3 is 12.3 Å². The van der Waals surface area contributed by atoms with Crippen molar-refractivity contribution in [3.63, 3.8) is 0 Å². The van der Waals surface area contributed by atoms with Crippen molar-refractivity contribution in [3.05, 3.63) is 35.9 Å². The number of aliphatic hydroxyl groups excluding tert-OH is 1. The maximum absolute atomic E-state index is 14.2. The Morgan fingerprint density at radius 3 is 2.04 bits per heavy atom. The highest BCUT2D eigenvalue weighted by molar-refractivity contribution is 6.38. The van der Waals surface area contributed by atoms with Gasteiger partial charge in [-0.2, -0.15) is 13.2 Å². The number of nitrogens with one attached hydrogen (secondary N) is 4. The highest BCUT2D eigenvalue weighted by atomic mass is 19.4. The number of Topliss-reactive ketones (excluding diaryl/α,β-unsaturated/α-hetero) is 1. The van der Waals surface area contributed by atoms with Crippen molar-refractivity contribution in [1.82, 2.24) is 31.1 Å². The molecule has 1 heterocycles. The van der Waals surface area contributed by atoms with E-state index in [1.165, 1.54) is 23.9 Å². The third-order valence-corrected chi connectivity index (χ3v) is 10.1. The van der Waals surface area contributed by atoms with Crippen molar-refractivity contribution in [2.45, 2.75) is 116 Å². The lowest BCUT2D eigenvalue weighted by molar-refractivity contribution is -0.244. The van der Waals surface area contributed by atoms with Crippen molar-refractivity contribution in [3.8, 4) is 0 Å². The van der Waals surface area contributed by atoms with Gasteiger partial charge in [-0.25, -0.2) is 4.79 Å². The number of alkyl carbamates (subject to hydrolysis) is 1. The summed E-state index contributed by atoms with van der Waals surface area (Å²) in [6.45, 7) is 9.70. The summed E-state index contributed by atoms with van der Waals surface area (Å²) in [5.74, 6) is -4.24. The van der Waals surface area contributed by atoms with E-state index in [0.29, 0.717) is 25.8 Å². The Labute approximate surface area is 320 Å². The van der Waals surface area contributed by atoms with E-state index in [9.17, 15) is 47.0 Å². The first-order valence-corrected chi connectivity index (χ1v) is 18.5. The SMILES string of the molecule is CC(C)C1CCN(C(O)C(NC(=O)OC(C)(C)C(F)(F)F)C(C)(C)C)C1C(=O)NC(CC1CC1)C(=O)C(=O)NCC(=O)N[C@H](C(=O)N(C)C)c1ccccc1. The molecular formula is C38H57F3N6O8. The molecule has 5 N–H and O–H groups in total. The van der Waals surface area contributed by atoms with E-state index in [1.807, 2.05) is 13.8 Å². The molecule has 6 atom stereocenters. The fourth-order valence-corrected chi connectivity index (χ4v) is 6.54. The number of hydrogen-bond donors (Lipinski definition) is 5. The number of aliphatic hydroxyl groups is 1. The molecule has 1 aromatic rings. The number of carbonyl (C=O) groups excluding carboxylic acids is 6. The summed E-state index contributed by atoms with van der Waals surface area (Å²) in [5.41, 5.74) is -3.24. The Morgan fingerprint density at radius 2 is 1.53 bits per heavy atom. The second-order valence-corrected chi connectivity index (χ2v) is 16.6. The van der Waals surface area contributed by atoms with Gasteiger partial charge in [-0.05, 0) is 55.4 Å². The van der Waals surface area contributed by atoms with Gasteiger partial charge < -0.3 is 36.0 Å². The molecule has 0 bridgehead atoms. The molecule has 2 fully saturated rings. The summed E-state index contributed by atoms with van der Waals surface area (Å²) in [6, 6.07) is 3.95. The number of halogens is 3. The molecule has 1 aliphatic heterocycles. The molecule has 1 aromatic carbocycles. The van der Waals surface area contributed by atoms with Crippen molar-refractivity contribution < 1.29 is 51.8 Å². The standard InChI is InChI=1S/C38H57F3N6O8/c1-21(2)24-17-18-47(34(53)30(36(3,4)5)45-35(54)55-37(6,7)38(39,40)41)28(24)31(50)43-25(19-22-15-16-22)29(49)32(51)42-20-26(48)44-27(33(52)46(8)9)23-13-11-10-12-14-23/h10-14,21-22,24-25,27-28,30,34,53H,15-20H2,1-9H3,(H,42,51)(H,43,50)(H,44,48)(H,45,54)/t24?,25?,27-,28?,30?,34?/m0/s1. The normalized spacial score (nSPS) is 20.1. The second-order valence-electron chi connectivity index (χ2n) is 16.6. The van der Waals surface area contributed by atoms with Gasteiger partial charge in [0.15, 0.2) is 0 Å². The molecule has 14 nitrogen and oxygen atoms in total. The van der Waals surface area contributed by atoms with E-state index >= 15 is 0 Å². The number of alkyl halides is 3. The number of likely N-dealkylation sites (N-methyl/N-ethyl adjacent to an activating group) is 1. The van der Waals surface area contributed by atoms with Crippen molar-refractivity contribution in [2.75, 3.05) is 27.2 Å². The van der Waals surface area contributed by atoms with E-state index in [4.69, 9.17) is 4.74 Å². The molecule has 1 saturated heterocycles. The van der Waals surface area contributed by atoms with Crippen LogP contribution in [0.2, 0.25) is 0 Å². The summed E-state index contributed by atoms with van der Waals surface area (Å²) < 4.78 is 45.1. The molecule has 308 valence electrons. The number of ether oxygens (including phenoxy) is 1. The zero-order chi connectivity index (χ0) is 41.6. The highest BCUT2D eigenvalue weighted by Gasteiger charge is 2.52. The van der Waals surface area contributed by atoms with Gasteiger partial charge in [0.1, 0.15) is 12.3 Å². The van der Waals surface area contributed by atoms with Crippen molar-refractivity contribution in [1.29, 1.82) is 0 Å². The number of ketones is 1. The molecule has 5 amide bonds. The summed E-state index contributed by atoms with van der Waals surface area (Å²) >= 11 is 0. The van der Waals surface area contributed by atoms with Crippen LogP contribution in [0.5, 0.6) is 0 Å². The molecule has 55 heavy (non-hydrogen) atoms. The van der Waals surface area contributed by atoms with Crippen LogP contribution < -0.4 is 21.3 Å². The van der Waals surface area contributed by atoms with Gasteiger partial charge in [0.2, 0.25) is 29.1 Å². The van der Waals surface area contributed by atoms with Gasteiger partial charge in [0.25, 0.3) is 5.91 Å². The predicted octanol–water partition coefficient (Wildman–Crippen LogP) is 3.05. The first kappa shape index (κ1) is 45.1.